The van der Waals surface area contributed by atoms with Crippen molar-refractivity contribution in [3.8, 4) is 0 Å². The fourth-order valence-corrected chi connectivity index (χ4v) is 8.48. The summed E-state index contributed by atoms with van der Waals surface area (Å²) >= 11 is 6.71. The van der Waals surface area contributed by atoms with E-state index in [9.17, 15) is 4.79 Å². The topological polar surface area (TPSA) is 75.1 Å². The molecule has 39 heavy (non-hydrogen) atoms. The predicted octanol–water partition coefficient (Wildman–Crippen LogP) is 8.45. The van der Waals surface area contributed by atoms with Crippen LogP contribution in [0.2, 0.25) is 5.02 Å². The van der Waals surface area contributed by atoms with Gasteiger partial charge in [0.25, 0.3) is 0 Å². The maximum atomic E-state index is 13.7. The predicted molar refractivity (Wildman–Crippen MR) is 161 cm³/mol. The Kier molecular flexibility index (Phi) is 7.84. The van der Waals surface area contributed by atoms with Gasteiger partial charge in [0.15, 0.2) is 11.5 Å². The smallest absolute Gasteiger partial charge is 0.229 e. The molecule has 220 valence electrons. The molecular weight excluding hydrogens is 506 g/mol. The number of carbonyl (C=O) groups excluding carboxylic acids is 1. The van der Waals surface area contributed by atoms with E-state index in [1.54, 1.807) is 4.63 Å². The van der Waals surface area contributed by atoms with Gasteiger partial charge in [-0.05, 0) is 74.0 Å². The molecule has 2 aliphatic rings. The SMILES string of the molecule is CC(CCC1(C(C)CC(C)(C)C)C(=O)NC12CCC(c1nc3c(Cl)c(C(C)(C)C)[nH]n3n1)CC2)CC(C)(C)C. The third-order valence-corrected chi connectivity index (χ3v) is 9.93. The Bertz CT molecular complexity index is 1180. The van der Waals surface area contributed by atoms with Crippen LogP contribution in [0.3, 0.4) is 0 Å². The van der Waals surface area contributed by atoms with Gasteiger partial charge in [-0.15, -0.1) is 5.10 Å². The molecule has 2 aromatic rings. The van der Waals surface area contributed by atoms with E-state index >= 15 is 0 Å². The highest BCUT2D eigenvalue weighted by Gasteiger charge is 2.67. The van der Waals surface area contributed by atoms with Crippen LogP contribution >= 0.6 is 11.6 Å². The summed E-state index contributed by atoms with van der Waals surface area (Å²) in [5, 5.41) is 12.4. The minimum absolute atomic E-state index is 0.100. The van der Waals surface area contributed by atoms with Gasteiger partial charge in [-0.25, -0.2) is 4.98 Å². The summed E-state index contributed by atoms with van der Waals surface area (Å²) in [6.07, 6.45) is 8.27. The van der Waals surface area contributed by atoms with Crippen LogP contribution in [0.4, 0.5) is 0 Å². The van der Waals surface area contributed by atoms with Gasteiger partial charge in [0, 0.05) is 11.3 Å². The van der Waals surface area contributed by atoms with Crippen molar-refractivity contribution in [2.24, 2.45) is 28.1 Å². The lowest BCUT2D eigenvalue weighted by Gasteiger charge is -2.64. The zero-order valence-electron chi connectivity index (χ0n) is 26.5. The summed E-state index contributed by atoms with van der Waals surface area (Å²) in [7, 11) is 0. The highest BCUT2D eigenvalue weighted by atomic mass is 35.5. The van der Waals surface area contributed by atoms with Gasteiger partial charge < -0.3 is 5.32 Å². The molecule has 2 fully saturated rings. The first-order valence-corrected chi connectivity index (χ1v) is 15.6. The van der Waals surface area contributed by atoms with Crippen LogP contribution in [0.5, 0.6) is 0 Å². The maximum absolute atomic E-state index is 13.7. The number of nitrogens with zero attached hydrogens (tertiary/aromatic N) is 3. The van der Waals surface area contributed by atoms with Gasteiger partial charge in [0.2, 0.25) is 5.91 Å². The van der Waals surface area contributed by atoms with Gasteiger partial charge in [0.1, 0.15) is 5.02 Å². The Balaban J connectivity index is 1.55. The van der Waals surface area contributed by atoms with Crippen LogP contribution in [0, 0.1) is 28.1 Å². The van der Waals surface area contributed by atoms with Crippen molar-refractivity contribution in [1.29, 1.82) is 0 Å². The highest BCUT2D eigenvalue weighted by Crippen LogP contribution is 2.60. The molecule has 4 rings (SSSR count). The van der Waals surface area contributed by atoms with E-state index in [1.165, 1.54) is 6.42 Å². The number of aromatic amines is 1. The third-order valence-electron chi connectivity index (χ3n) is 9.58. The number of hydrogen-bond donors (Lipinski definition) is 2. The van der Waals surface area contributed by atoms with E-state index in [-0.39, 0.29) is 33.6 Å². The van der Waals surface area contributed by atoms with Crippen molar-refractivity contribution in [2.45, 2.75) is 144 Å². The first-order valence-electron chi connectivity index (χ1n) is 15.3. The van der Waals surface area contributed by atoms with Crippen molar-refractivity contribution in [3.63, 3.8) is 0 Å². The molecule has 1 spiro atoms. The molecule has 2 N–H and O–H groups in total. The van der Waals surface area contributed by atoms with Crippen molar-refractivity contribution in [2.75, 3.05) is 0 Å². The number of fused-ring (bicyclic) bond motifs is 1. The lowest BCUT2D eigenvalue weighted by molar-refractivity contribution is -0.173. The van der Waals surface area contributed by atoms with Crippen molar-refractivity contribution < 1.29 is 4.79 Å². The van der Waals surface area contributed by atoms with E-state index in [0.29, 0.717) is 22.3 Å². The summed E-state index contributed by atoms with van der Waals surface area (Å²) in [4.78, 5) is 18.6. The number of carbonyl (C=O) groups is 1. The number of hydrogen-bond acceptors (Lipinski definition) is 3. The highest BCUT2D eigenvalue weighted by molar-refractivity contribution is 6.34. The Morgan fingerprint density at radius 1 is 1.00 bits per heavy atom. The van der Waals surface area contributed by atoms with Gasteiger partial charge in [0.05, 0.1) is 16.6 Å². The molecule has 1 amide bonds. The quantitative estimate of drug-likeness (QED) is 0.334. The van der Waals surface area contributed by atoms with Crippen LogP contribution < -0.4 is 5.32 Å². The number of β-lactam (4-membered cyclic amide) rings is 1. The molecule has 3 heterocycles. The molecule has 0 bridgehead atoms. The van der Waals surface area contributed by atoms with Crippen LogP contribution in [-0.4, -0.2) is 31.3 Å². The minimum Gasteiger partial charge on any atom is -0.349 e. The van der Waals surface area contributed by atoms with E-state index in [4.69, 9.17) is 21.7 Å². The molecule has 7 heteroatoms. The zero-order valence-corrected chi connectivity index (χ0v) is 27.3. The summed E-state index contributed by atoms with van der Waals surface area (Å²) in [5.74, 6) is 2.38. The molecule has 1 saturated carbocycles. The molecule has 1 aliphatic heterocycles. The second-order valence-corrected chi connectivity index (χ2v) is 17.0. The van der Waals surface area contributed by atoms with Gasteiger partial charge in [-0.1, -0.05) is 87.8 Å². The van der Waals surface area contributed by atoms with Crippen LogP contribution in [-0.2, 0) is 10.2 Å². The molecule has 3 unspecified atom stereocenters. The Hall–Kier alpha value is -1.56. The molecule has 1 aliphatic carbocycles. The van der Waals surface area contributed by atoms with Gasteiger partial charge in [-0.3, -0.25) is 9.89 Å². The molecule has 2 aromatic heterocycles. The van der Waals surface area contributed by atoms with Crippen LogP contribution in [0.1, 0.15) is 145 Å². The molecule has 0 radical (unpaired) electrons. The first-order chi connectivity index (χ1) is 17.8. The lowest BCUT2D eigenvalue weighted by Crippen LogP contribution is -2.79. The molecular formula is C32H54ClN5O. The Morgan fingerprint density at radius 2 is 1.59 bits per heavy atom. The van der Waals surface area contributed by atoms with E-state index in [0.717, 1.165) is 62.1 Å². The fraction of sp³-hybridized carbons (Fsp3) is 0.844. The lowest BCUT2D eigenvalue weighted by atomic mass is 9.47. The second kappa shape index (κ2) is 10.1. The second-order valence-electron chi connectivity index (χ2n) is 16.6. The van der Waals surface area contributed by atoms with Crippen molar-refractivity contribution in [1.82, 2.24) is 25.1 Å². The van der Waals surface area contributed by atoms with Crippen molar-refractivity contribution in [3.05, 3.63) is 16.5 Å². The molecule has 6 nitrogen and oxygen atoms in total. The third kappa shape index (κ3) is 5.78. The summed E-state index contributed by atoms with van der Waals surface area (Å²) < 4.78 is 1.75. The standard InChI is InChI=1S/C32H54ClN5O/c1-20(18-28(3,4)5)12-17-32(21(2)19-29(6,7)8)27(39)35-31(32)15-13-22(14-16-31)25-34-26-23(33)24(30(9,10)11)36-38(26)37-25/h20-22,36H,12-19H2,1-11H3,(H,35,39). The number of nitrogens with one attached hydrogen (secondary N) is 2. The van der Waals surface area contributed by atoms with Crippen LogP contribution in [0.25, 0.3) is 5.65 Å². The fourth-order valence-electron chi connectivity index (χ4n) is 8.03. The van der Waals surface area contributed by atoms with E-state index in [2.05, 4.69) is 86.6 Å². The van der Waals surface area contributed by atoms with E-state index < -0.39 is 0 Å². The monoisotopic (exact) mass is 559 g/mol. The normalized spacial score (nSPS) is 28.0. The van der Waals surface area contributed by atoms with E-state index in [1.807, 2.05) is 0 Å². The maximum Gasteiger partial charge on any atom is 0.229 e. The molecule has 1 saturated heterocycles. The van der Waals surface area contributed by atoms with Crippen LogP contribution in [0.15, 0.2) is 0 Å². The van der Waals surface area contributed by atoms with Gasteiger partial charge >= 0.3 is 0 Å². The average Bonchev–Trinajstić information content (AvgIpc) is 3.31. The number of amides is 1. The summed E-state index contributed by atoms with van der Waals surface area (Å²) in [6.45, 7) is 25.0. The number of aromatic nitrogens is 4. The zero-order chi connectivity index (χ0) is 29.2. The molecule has 0 aromatic carbocycles. The average molecular weight is 560 g/mol. The van der Waals surface area contributed by atoms with Crippen molar-refractivity contribution >= 4 is 23.2 Å². The number of halogens is 1. The van der Waals surface area contributed by atoms with Gasteiger partial charge in [-0.2, -0.15) is 4.63 Å². The summed E-state index contributed by atoms with van der Waals surface area (Å²) in [5.41, 5.74) is 1.65. The number of rotatable bonds is 7. The Morgan fingerprint density at radius 3 is 2.08 bits per heavy atom. The molecule has 3 atom stereocenters. The summed E-state index contributed by atoms with van der Waals surface area (Å²) in [6, 6.07) is 0. The Labute approximate surface area is 241 Å². The first kappa shape index (κ1) is 30.4. The number of H-pyrrole nitrogens is 1. The minimum atomic E-state index is -0.296. The largest absolute Gasteiger partial charge is 0.349 e.